The fourth-order valence-corrected chi connectivity index (χ4v) is 2.13. The molecule has 0 aliphatic heterocycles. The predicted molar refractivity (Wildman–Crippen MR) is 79.9 cm³/mol. The average molecular weight is 277 g/mol. The molecular formula is C16H23NO3. The maximum atomic E-state index is 8.68. The zero-order valence-corrected chi connectivity index (χ0v) is 12.0. The second kappa shape index (κ2) is 8.04. The van der Waals surface area contributed by atoms with Crippen LogP contribution in [-0.2, 0) is 11.2 Å². The summed E-state index contributed by atoms with van der Waals surface area (Å²) in [6, 6.07) is 8.22. The minimum atomic E-state index is 0.185. The van der Waals surface area contributed by atoms with Crippen LogP contribution in [0.2, 0.25) is 0 Å². The smallest absolute Gasteiger partial charge is 0.133 e. The lowest BCUT2D eigenvalue weighted by atomic mass is 10.1. The fraction of sp³-hybridized carbons (Fsp3) is 0.500. The van der Waals surface area contributed by atoms with Crippen LogP contribution in [0.15, 0.2) is 34.9 Å². The molecule has 1 heterocycles. The van der Waals surface area contributed by atoms with Gasteiger partial charge in [-0.05, 0) is 42.6 Å². The molecule has 0 aliphatic rings. The Morgan fingerprint density at radius 3 is 3.10 bits per heavy atom. The Labute approximate surface area is 119 Å². The van der Waals surface area contributed by atoms with E-state index in [0.29, 0.717) is 12.5 Å². The second-order valence-electron chi connectivity index (χ2n) is 5.15. The molecule has 0 spiro atoms. The fourth-order valence-electron chi connectivity index (χ4n) is 2.13. The number of hydrogen-bond acceptors (Lipinski definition) is 4. The number of aliphatic hydroxyl groups is 1. The van der Waals surface area contributed by atoms with E-state index in [0.717, 1.165) is 37.1 Å². The summed E-state index contributed by atoms with van der Waals surface area (Å²) in [7, 11) is 0. The van der Waals surface area contributed by atoms with Gasteiger partial charge in [-0.2, -0.15) is 0 Å². The van der Waals surface area contributed by atoms with Gasteiger partial charge in [-0.25, -0.2) is 0 Å². The van der Waals surface area contributed by atoms with Crippen LogP contribution in [0.5, 0.6) is 0 Å². The molecule has 2 rings (SSSR count). The molecule has 1 unspecified atom stereocenters. The molecule has 2 N–H and O–H groups in total. The van der Waals surface area contributed by atoms with E-state index >= 15 is 0 Å². The summed E-state index contributed by atoms with van der Waals surface area (Å²) in [6.45, 7) is 5.32. The van der Waals surface area contributed by atoms with Gasteiger partial charge in [-0.1, -0.05) is 13.0 Å². The maximum absolute atomic E-state index is 8.68. The Kier molecular flexibility index (Phi) is 6.05. The quantitative estimate of drug-likeness (QED) is 0.690. The van der Waals surface area contributed by atoms with Crippen molar-refractivity contribution in [2.75, 3.05) is 32.9 Å². The van der Waals surface area contributed by atoms with Crippen LogP contribution in [0.25, 0.3) is 11.0 Å². The first-order valence-electron chi connectivity index (χ1n) is 7.15. The Hall–Kier alpha value is -1.36. The summed E-state index contributed by atoms with van der Waals surface area (Å²) in [5, 5.41) is 13.0. The highest BCUT2D eigenvalue weighted by Gasteiger charge is 2.03. The van der Waals surface area contributed by atoms with Crippen LogP contribution in [0.3, 0.4) is 0 Å². The van der Waals surface area contributed by atoms with E-state index in [4.69, 9.17) is 14.3 Å². The van der Waals surface area contributed by atoms with Crippen molar-refractivity contribution in [2.45, 2.75) is 13.3 Å². The Balaban J connectivity index is 1.65. The van der Waals surface area contributed by atoms with E-state index in [1.165, 1.54) is 5.56 Å². The molecule has 0 fully saturated rings. The van der Waals surface area contributed by atoms with Crippen molar-refractivity contribution in [3.05, 3.63) is 36.1 Å². The highest BCUT2D eigenvalue weighted by atomic mass is 16.5. The summed E-state index contributed by atoms with van der Waals surface area (Å²) < 4.78 is 11.0. The normalized spacial score (nSPS) is 12.9. The van der Waals surface area contributed by atoms with Crippen LogP contribution >= 0.6 is 0 Å². The lowest BCUT2D eigenvalue weighted by molar-refractivity contribution is 0.106. The van der Waals surface area contributed by atoms with Gasteiger partial charge in [-0.3, -0.25) is 0 Å². The molecule has 4 heteroatoms. The molecule has 20 heavy (non-hydrogen) atoms. The minimum Gasteiger partial charge on any atom is -0.464 e. The van der Waals surface area contributed by atoms with E-state index in [1.807, 2.05) is 12.1 Å². The third-order valence-corrected chi connectivity index (χ3v) is 3.24. The number of ether oxygens (including phenoxy) is 1. The van der Waals surface area contributed by atoms with Gasteiger partial charge in [0, 0.05) is 11.9 Å². The van der Waals surface area contributed by atoms with Crippen LogP contribution in [0.4, 0.5) is 0 Å². The largest absolute Gasteiger partial charge is 0.464 e. The standard InChI is InChI=1S/C16H23NO3/c1-13(11-17-6-7-18)12-19-8-4-14-2-3-16-15(10-14)5-9-20-16/h2-3,5,9-10,13,17-18H,4,6-8,11-12H2,1H3. The molecule has 0 saturated heterocycles. The number of fused-ring (bicyclic) bond motifs is 1. The Bertz CT molecular complexity index is 509. The molecule has 0 amide bonds. The van der Waals surface area contributed by atoms with Gasteiger partial charge in [0.1, 0.15) is 5.58 Å². The third-order valence-electron chi connectivity index (χ3n) is 3.24. The molecule has 4 nitrogen and oxygen atoms in total. The molecule has 110 valence electrons. The molecule has 1 atom stereocenters. The van der Waals surface area contributed by atoms with E-state index in [9.17, 15) is 0 Å². The van der Waals surface area contributed by atoms with Gasteiger partial charge >= 0.3 is 0 Å². The minimum absolute atomic E-state index is 0.185. The molecule has 0 saturated carbocycles. The lowest BCUT2D eigenvalue weighted by Gasteiger charge is -2.12. The molecular weight excluding hydrogens is 254 g/mol. The number of benzene rings is 1. The van der Waals surface area contributed by atoms with Crippen molar-refractivity contribution in [3.63, 3.8) is 0 Å². The van der Waals surface area contributed by atoms with E-state index < -0.39 is 0 Å². The second-order valence-corrected chi connectivity index (χ2v) is 5.15. The van der Waals surface area contributed by atoms with Crippen molar-refractivity contribution in [1.29, 1.82) is 0 Å². The summed E-state index contributed by atoms with van der Waals surface area (Å²) >= 11 is 0. The van der Waals surface area contributed by atoms with Gasteiger partial charge in [0.15, 0.2) is 0 Å². The average Bonchev–Trinajstić information content (AvgIpc) is 2.91. The van der Waals surface area contributed by atoms with Crippen molar-refractivity contribution >= 4 is 11.0 Å². The number of hydrogen-bond donors (Lipinski definition) is 2. The molecule has 0 radical (unpaired) electrons. The van der Waals surface area contributed by atoms with Gasteiger partial charge in [-0.15, -0.1) is 0 Å². The number of furan rings is 1. The summed E-state index contributed by atoms with van der Waals surface area (Å²) in [4.78, 5) is 0. The highest BCUT2D eigenvalue weighted by Crippen LogP contribution is 2.17. The van der Waals surface area contributed by atoms with E-state index in [2.05, 4.69) is 24.4 Å². The molecule has 2 aromatic rings. The van der Waals surface area contributed by atoms with Crippen LogP contribution in [0.1, 0.15) is 12.5 Å². The summed E-state index contributed by atoms with van der Waals surface area (Å²) in [6.07, 6.45) is 2.63. The molecule has 0 bridgehead atoms. The third kappa shape index (κ3) is 4.63. The molecule has 1 aromatic heterocycles. The first-order chi connectivity index (χ1) is 9.79. The zero-order valence-electron chi connectivity index (χ0n) is 12.0. The van der Waals surface area contributed by atoms with Crippen LogP contribution in [0, 0.1) is 5.92 Å². The maximum Gasteiger partial charge on any atom is 0.133 e. The summed E-state index contributed by atoms with van der Waals surface area (Å²) in [5.74, 6) is 0.456. The van der Waals surface area contributed by atoms with Crippen molar-refractivity contribution in [3.8, 4) is 0 Å². The molecule has 1 aromatic carbocycles. The Morgan fingerprint density at radius 1 is 1.35 bits per heavy atom. The van der Waals surface area contributed by atoms with Crippen molar-refractivity contribution in [1.82, 2.24) is 5.32 Å². The zero-order chi connectivity index (χ0) is 14.2. The van der Waals surface area contributed by atoms with Gasteiger partial charge in [0.2, 0.25) is 0 Å². The van der Waals surface area contributed by atoms with Crippen molar-refractivity contribution < 1.29 is 14.3 Å². The van der Waals surface area contributed by atoms with Gasteiger partial charge in [0.05, 0.1) is 26.1 Å². The first-order valence-corrected chi connectivity index (χ1v) is 7.15. The lowest BCUT2D eigenvalue weighted by Crippen LogP contribution is -2.26. The predicted octanol–water partition coefficient (Wildman–Crippen LogP) is 2.21. The van der Waals surface area contributed by atoms with Gasteiger partial charge in [0.25, 0.3) is 0 Å². The number of rotatable bonds is 9. The van der Waals surface area contributed by atoms with Gasteiger partial charge < -0.3 is 19.6 Å². The van der Waals surface area contributed by atoms with Crippen LogP contribution in [-0.4, -0.2) is 38.0 Å². The topological polar surface area (TPSA) is 54.6 Å². The SMILES string of the molecule is CC(CNCCO)COCCc1ccc2occc2c1. The van der Waals surface area contributed by atoms with E-state index in [1.54, 1.807) is 6.26 Å². The highest BCUT2D eigenvalue weighted by molar-refractivity contribution is 5.77. The Morgan fingerprint density at radius 2 is 2.25 bits per heavy atom. The first kappa shape index (κ1) is 15.0. The number of aliphatic hydroxyl groups excluding tert-OH is 1. The van der Waals surface area contributed by atoms with Crippen LogP contribution < -0.4 is 5.32 Å². The number of nitrogens with one attached hydrogen (secondary N) is 1. The monoisotopic (exact) mass is 277 g/mol. The summed E-state index contributed by atoms with van der Waals surface area (Å²) in [5.41, 5.74) is 2.20. The van der Waals surface area contributed by atoms with Crippen molar-refractivity contribution in [2.24, 2.45) is 5.92 Å². The molecule has 0 aliphatic carbocycles. The van der Waals surface area contributed by atoms with E-state index in [-0.39, 0.29) is 6.61 Å².